The van der Waals surface area contributed by atoms with E-state index in [2.05, 4.69) is 4.90 Å². The van der Waals surface area contributed by atoms with E-state index in [1.54, 1.807) is 0 Å². The highest BCUT2D eigenvalue weighted by Gasteiger charge is 2.36. The number of rotatable bonds is 3. The molecule has 0 radical (unpaired) electrons. The first kappa shape index (κ1) is 9.52. The molecule has 3 heteroatoms. The number of carbonyl (C=O) groups excluding carboxylic acids is 1. The SMILES string of the molecule is CCOC(=O)C1CC(N(C)C)C1. The lowest BCUT2D eigenvalue weighted by atomic mass is 9.80. The van der Waals surface area contributed by atoms with Crippen LogP contribution in [0.3, 0.4) is 0 Å². The van der Waals surface area contributed by atoms with Crippen LogP contribution in [0.4, 0.5) is 0 Å². The van der Waals surface area contributed by atoms with Gasteiger partial charge in [0.1, 0.15) is 0 Å². The maximum atomic E-state index is 11.2. The van der Waals surface area contributed by atoms with Crippen molar-refractivity contribution in [3.63, 3.8) is 0 Å². The second kappa shape index (κ2) is 3.90. The predicted octanol–water partition coefficient (Wildman–Crippen LogP) is 0.890. The minimum Gasteiger partial charge on any atom is -0.466 e. The van der Waals surface area contributed by atoms with Crippen molar-refractivity contribution >= 4 is 5.97 Å². The second-order valence-corrected chi connectivity index (χ2v) is 3.54. The summed E-state index contributed by atoms with van der Waals surface area (Å²) < 4.78 is 4.92. The molecule has 0 amide bonds. The van der Waals surface area contributed by atoms with Gasteiger partial charge in [0.2, 0.25) is 0 Å². The molecule has 0 aromatic rings. The van der Waals surface area contributed by atoms with Gasteiger partial charge in [-0.3, -0.25) is 4.79 Å². The van der Waals surface area contributed by atoms with Crippen LogP contribution in [0.1, 0.15) is 19.8 Å². The van der Waals surface area contributed by atoms with Crippen LogP contribution in [0, 0.1) is 5.92 Å². The van der Waals surface area contributed by atoms with E-state index in [4.69, 9.17) is 4.74 Å². The molecule has 0 N–H and O–H groups in total. The Morgan fingerprint density at radius 2 is 2.08 bits per heavy atom. The average molecular weight is 171 g/mol. The quantitative estimate of drug-likeness (QED) is 0.591. The van der Waals surface area contributed by atoms with Gasteiger partial charge in [-0.1, -0.05) is 0 Å². The highest BCUT2D eigenvalue weighted by Crippen LogP contribution is 2.31. The van der Waals surface area contributed by atoms with E-state index in [-0.39, 0.29) is 11.9 Å². The Labute approximate surface area is 73.7 Å². The Balaban J connectivity index is 2.20. The minimum atomic E-state index is -0.0180. The highest BCUT2D eigenvalue weighted by atomic mass is 16.5. The van der Waals surface area contributed by atoms with Crippen molar-refractivity contribution in [2.45, 2.75) is 25.8 Å². The molecule has 1 saturated carbocycles. The minimum absolute atomic E-state index is 0.0180. The molecule has 0 unspecified atom stereocenters. The third kappa shape index (κ3) is 1.97. The van der Waals surface area contributed by atoms with Gasteiger partial charge >= 0.3 is 5.97 Å². The van der Waals surface area contributed by atoms with Crippen LogP contribution >= 0.6 is 0 Å². The fraction of sp³-hybridized carbons (Fsp3) is 0.889. The first-order valence-electron chi connectivity index (χ1n) is 4.48. The Morgan fingerprint density at radius 1 is 1.50 bits per heavy atom. The van der Waals surface area contributed by atoms with Gasteiger partial charge < -0.3 is 9.64 Å². The van der Waals surface area contributed by atoms with Crippen LogP contribution in [0.15, 0.2) is 0 Å². The smallest absolute Gasteiger partial charge is 0.309 e. The lowest BCUT2D eigenvalue weighted by molar-refractivity contribution is -0.152. The van der Waals surface area contributed by atoms with Crippen LogP contribution < -0.4 is 0 Å². The number of hydrogen-bond acceptors (Lipinski definition) is 3. The molecule has 1 fully saturated rings. The molecule has 1 rings (SSSR count). The zero-order valence-corrected chi connectivity index (χ0v) is 8.04. The molecule has 70 valence electrons. The molecule has 0 aromatic carbocycles. The van der Waals surface area contributed by atoms with E-state index in [1.807, 2.05) is 21.0 Å². The van der Waals surface area contributed by atoms with Crippen molar-refractivity contribution in [3.05, 3.63) is 0 Å². The molecule has 0 aliphatic heterocycles. The van der Waals surface area contributed by atoms with Crippen molar-refractivity contribution in [2.75, 3.05) is 20.7 Å². The van der Waals surface area contributed by atoms with Crippen molar-refractivity contribution in [3.8, 4) is 0 Å². The van der Waals surface area contributed by atoms with Gasteiger partial charge in [0.15, 0.2) is 0 Å². The maximum absolute atomic E-state index is 11.2. The summed E-state index contributed by atoms with van der Waals surface area (Å²) >= 11 is 0. The van der Waals surface area contributed by atoms with Crippen molar-refractivity contribution in [1.29, 1.82) is 0 Å². The molecule has 0 spiro atoms. The number of esters is 1. The van der Waals surface area contributed by atoms with Crippen LogP contribution in [0.2, 0.25) is 0 Å². The fourth-order valence-electron chi connectivity index (χ4n) is 1.46. The molecule has 0 saturated heterocycles. The summed E-state index contributed by atoms with van der Waals surface area (Å²) in [5.74, 6) is 0.146. The average Bonchev–Trinajstić information content (AvgIpc) is 1.82. The van der Waals surface area contributed by atoms with Crippen molar-refractivity contribution in [2.24, 2.45) is 5.92 Å². The Morgan fingerprint density at radius 3 is 2.50 bits per heavy atom. The molecule has 0 atom stereocenters. The molecule has 0 heterocycles. The Bertz CT molecular complexity index is 162. The van der Waals surface area contributed by atoms with E-state index in [9.17, 15) is 4.79 Å². The lowest BCUT2D eigenvalue weighted by Crippen LogP contribution is -2.43. The number of carbonyl (C=O) groups is 1. The first-order valence-corrected chi connectivity index (χ1v) is 4.48. The predicted molar refractivity (Wildman–Crippen MR) is 46.8 cm³/mol. The lowest BCUT2D eigenvalue weighted by Gasteiger charge is -2.37. The van der Waals surface area contributed by atoms with Gasteiger partial charge in [-0.05, 0) is 33.9 Å². The summed E-state index contributed by atoms with van der Waals surface area (Å²) in [6.45, 7) is 2.35. The highest BCUT2D eigenvalue weighted by molar-refractivity contribution is 5.73. The largest absolute Gasteiger partial charge is 0.466 e. The summed E-state index contributed by atoms with van der Waals surface area (Å²) in [5.41, 5.74) is 0. The number of hydrogen-bond donors (Lipinski definition) is 0. The summed E-state index contributed by atoms with van der Waals surface area (Å²) in [5, 5.41) is 0. The molecule has 12 heavy (non-hydrogen) atoms. The van der Waals surface area contributed by atoms with Gasteiger partial charge in [0.25, 0.3) is 0 Å². The summed E-state index contributed by atoms with van der Waals surface area (Å²) in [6, 6.07) is 0.583. The third-order valence-electron chi connectivity index (χ3n) is 2.46. The van der Waals surface area contributed by atoms with Crippen LogP contribution in [-0.2, 0) is 9.53 Å². The van der Waals surface area contributed by atoms with E-state index in [0.29, 0.717) is 12.6 Å². The normalized spacial score (nSPS) is 28.3. The van der Waals surface area contributed by atoms with E-state index in [1.165, 1.54) is 0 Å². The van der Waals surface area contributed by atoms with Crippen LogP contribution in [0.25, 0.3) is 0 Å². The van der Waals surface area contributed by atoms with E-state index < -0.39 is 0 Å². The Hall–Kier alpha value is -0.570. The number of ether oxygens (including phenoxy) is 1. The van der Waals surface area contributed by atoms with Crippen LogP contribution in [-0.4, -0.2) is 37.6 Å². The van der Waals surface area contributed by atoms with E-state index in [0.717, 1.165) is 12.8 Å². The molecule has 0 bridgehead atoms. The van der Waals surface area contributed by atoms with Gasteiger partial charge in [-0.25, -0.2) is 0 Å². The summed E-state index contributed by atoms with van der Waals surface area (Å²) in [6.07, 6.45) is 1.93. The third-order valence-corrected chi connectivity index (χ3v) is 2.46. The van der Waals surface area contributed by atoms with Gasteiger partial charge in [0.05, 0.1) is 12.5 Å². The van der Waals surface area contributed by atoms with Gasteiger partial charge in [-0.2, -0.15) is 0 Å². The van der Waals surface area contributed by atoms with Gasteiger partial charge in [0, 0.05) is 6.04 Å². The monoisotopic (exact) mass is 171 g/mol. The standard InChI is InChI=1S/C9H17NO2/c1-4-12-9(11)7-5-8(6-7)10(2)3/h7-8H,4-6H2,1-3H3. The summed E-state index contributed by atoms with van der Waals surface area (Å²) in [7, 11) is 4.10. The molecular formula is C9H17NO2. The second-order valence-electron chi connectivity index (χ2n) is 3.54. The van der Waals surface area contributed by atoms with Crippen molar-refractivity contribution in [1.82, 2.24) is 4.90 Å². The molecule has 1 aliphatic carbocycles. The topological polar surface area (TPSA) is 29.5 Å². The van der Waals surface area contributed by atoms with E-state index >= 15 is 0 Å². The van der Waals surface area contributed by atoms with Crippen molar-refractivity contribution < 1.29 is 9.53 Å². The fourth-order valence-corrected chi connectivity index (χ4v) is 1.46. The zero-order chi connectivity index (χ0) is 9.14. The Kier molecular flexibility index (Phi) is 3.09. The first-order chi connectivity index (χ1) is 5.65. The molecule has 3 nitrogen and oxygen atoms in total. The van der Waals surface area contributed by atoms with Gasteiger partial charge in [-0.15, -0.1) is 0 Å². The van der Waals surface area contributed by atoms with Crippen LogP contribution in [0.5, 0.6) is 0 Å². The number of nitrogens with zero attached hydrogens (tertiary/aromatic N) is 1. The molecule has 0 aromatic heterocycles. The zero-order valence-electron chi connectivity index (χ0n) is 8.04. The molecule has 1 aliphatic rings. The molecular weight excluding hydrogens is 154 g/mol. The summed E-state index contributed by atoms with van der Waals surface area (Å²) in [4.78, 5) is 13.3. The maximum Gasteiger partial charge on any atom is 0.309 e.